The van der Waals surface area contributed by atoms with Crippen LogP contribution in [0.4, 0.5) is 0 Å². The third-order valence-electron chi connectivity index (χ3n) is 7.58. The number of hydrogen-bond acceptors (Lipinski definition) is 2. The van der Waals surface area contributed by atoms with E-state index in [0.717, 1.165) is 38.8 Å². The molecule has 0 spiro atoms. The van der Waals surface area contributed by atoms with E-state index in [-0.39, 0.29) is 0 Å². The molecule has 3 heteroatoms. The van der Waals surface area contributed by atoms with Crippen LogP contribution in [0.5, 0.6) is 0 Å². The minimum atomic E-state index is 0.676. The quantitative estimate of drug-likeness (QED) is 0.244. The molecule has 0 saturated carbocycles. The average molecular weight is 498 g/mol. The first-order chi connectivity index (χ1) is 19.3. The third-order valence-corrected chi connectivity index (χ3v) is 7.58. The molecular weight excluding hydrogens is 474 g/mol. The third kappa shape index (κ3) is 3.52. The molecule has 0 N–H and O–H groups in total. The Morgan fingerprint density at radius 1 is 0.410 bits per heavy atom. The van der Waals surface area contributed by atoms with E-state index in [9.17, 15) is 0 Å². The van der Waals surface area contributed by atoms with Crippen LogP contribution in [-0.2, 0) is 0 Å². The van der Waals surface area contributed by atoms with Gasteiger partial charge in [-0.15, -0.1) is 0 Å². The number of benzene rings is 6. The first-order valence-corrected chi connectivity index (χ1v) is 13.2. The molecule has 0 radical (unpaired) electrons. The van der Waals surface area contributed by atoms with E-state index in [2.05, 4.69) is 132 Å². The van der Waals surface area contributed by atoms with E-state index in [0.29, 0.717) is 5.95 Å². The lowest BCUT2D eigenvalue weighted by atomic mass is 10.0. The number of rotatable bonds is 3. The summed E-state index contributed by atoms with van der Waals surface area (Å²) in [7, 11) is 0. The number of nitrogens with zero attached hydrogens (tertiary/aromatic N) is 3. The first-order valence-electron chi connectivity index (χ1n) is 13.2. The monoisotopic (exact) mass is 497 g/mol. The summed E-state index contributed by atoms with van der Waals surface area (Å²) in [6, 6.07) is 49.0. The molecule has 0 amide bonds. The Bertz CT molecular complexity index is 2160. The van der Waals surface area contributed by atoms with Gasteiger partial charge in [0.1, 0.15) is 0 Å². The van der Waals surface area contributed by atoms with Gasteiger partial charge in [0.2, 0.25) is 5.95 Å². The fourth-order valence-electron chi connectivity index (χ4n) is 5.71. The Hall–Kier alpha value is -5.28. The Morgan fingerprint density at radius 3 is 1.87 bits per heavy atom. The van der Waals surface area contributed by atoms with E-state index in [4.69, 9.17) is 9.97 Å². The van der Waals surface area contributed by atoms with Crippen molar-refractivity contribution < 1.29 is 0 Å². The standard InChI is InChI=1S/C36H23N3/c1-3-11-24(12-4-1)28-19-20-32-31(22-28)35(25-13-5-2-6-14-25)38-36(37-32)39-33-18-10-9-17-29(33)30-21-26-15-7-8-16-27(26)23-34(30)39/h1-23H. The molecule has 39 heavy (non-hydrogen) atoms. The van der Waals surface area contributed by atoms with Crippen LogP contribution in [0.15, 0.2) is 140 Å². The number of aromatic nitrogens is 3. The van der Waals surface area contributed by atoms with Crippen LogP contribution in [0, 0.1) is 0 Å². The van der Waals surface area contributed by atoms with Crippen molar-refractivity contribution in [1.29, 1.82) is 0 Å². The molecule has 182 valence electrons. The predicted octanol–water partition coefficient (Wildman–Crippen LogP) is 9.21. The molecule has 0 bridgehead atoms. The lowest BCUT2D eigenvalue weighted by molar-refractivity contribution is 1.01. The Labute approximate surface area is 225 Å². The zero-order chi connectivity index (χ0) is 25.8. The van der Waals surface area contributed by atoms with Crippen molar-refractivity contribution in [2.45, 2.75) is 0 Å². The molecular formula is C36H23N3. The van der Waals surface area contributed by atoms with Gasteiger partial charge in [0.25, 0.3) is 0 Å². The van der Waals surface area contributed by atoms with Gasteiger partial charge in [-0.05, 0) is 52.2 Å². The Morgan fingerprint density at radius 2 is 1.08 bits per heavy atom. The van der Waals surface area contributed by atoms with Gasteiger partial charge >= 0.3 is 0 Å². The smallest absolute Gasteiger partial charge is 0.235 e. The van der Waals surface area contributed by atoms with Crippen LogP contribution in [0.3, 0.4) is 0 Å². The van der Waals surface area contributed by atoms with Crippen LogP contribution in [0.2, 0.25) is 0 Å². The zero-order valence-corrected chi connectivity index (χ0v) is 21.1. The topological polar surface area (TPSA) is 30.7 Å². The van der Waals surface area contributed by atoms with Gasteiger partial charge in [-0.3, -0.25) is 4.57 Å². The summed E-state index contributed by atoms with van der Waals surface area (Å²) in [6.07, 6.45) is 0. The fourth-order valence-corrected chi connectivity index (χ4v) is 5.71. The van der Waals surface area contributed by atoms with Crippen molar-refractivity contribution in [2.24, 2.45) is 0 Å². The Kier molecular flexibility index (Phi) is 4.82. The molecule has 8 rings (SSSR count). The number of para-hydroxylation sites is 1. The van der Waals surface area contributed by atoms with Crippen LogP contribution in [0.1, 0.15) is 0 Å². The maximum atomic E-state index is 5.28. The lowest BCUT2D eigenvalue weighted by Gasteiger charge is -2.13. The summed E-state index contributed by atoms with van der Waals surface area (Å²) in [5.74, 6) is 0.676. The van der Waals surface area contributed by atoms with Gasteiger partial charge in [-0.1, -0.05) is 109 Å². The molecule has 2 aromatic heterocycles. The van der Waals surface area contributed by atoms with Crippen LogP contribution in [-0.4, -0.2) is 14.5 Å². The summed E-state index contributed by atoms with van der Waals surface area (Å²) in [4.78, 5) is 10.5. The van der Waals surface area contributed by atoms with Gasteiger partial charge in [0.15, 0.2) is 0 Å². The molecule has 0 fully saturated rings. The second-order valence-electron chi connectivity index (χ2n) is 9.91. The highest BCUT2D eigenvalue weighted by molar-refractivity contribution is 6.13. The highest BCUT2D eigenvalue weighted by Crippen LogP contribution is 2.36. The van der Waals surface area contributed by atoms with Gasteiger partial charge in [0.05, 0.1) is 22.2 Å². The summed E-state index contributed by atoms with van der Waals surface area (Å²) in [6.45, 7) is 0. The molecule has 3 nitrogen and oxygen atoms in total. The van der Waals surface area contributed by atoms with Crippen molar-refractivity contribution in [3.8, 4) is 28.3 Å². The van der Waals surface area contributed by atoms with Crippen molar-refractivity contribution in [2.75, 3.05) is 0 Å². The minimum absolute atomic E-state index is 0.676. The number of hydrogen-bond donors (Lipinski definition) is 0. The van der Waals surface area contributed by atoms with Crippen molar-refractivity contribution in [3.05, 3.63) is 140 Å². The minimum Gasteiger partial charge on any atom is -0.278 e. The van der Waals surface area contributed by atoms with Crippen molar-refractivity contribution >= 4 is 43.5 Å². The van der Waals surface area contributed by atoms with E-state index in [1.165, 1.54) is 27.1 Å². The molecule has 0 aliphatic carbocycles. The molecule has 2 heterocycles. The SMILES string of the molecule is c1ccc(-c2ccc3nc(-n4c5ccccc5c5cc6ccccc6cc54)nc(-c4ccccc4)c3c2)cc1. The molecule has 0 atom stereocenters. The second-order valence-corrected chi connectivity index (χ2v) is 9.91. The highest BCUT2D eigenvalue weighted by Gasteiger charge is 2.18. The van der Waals surface area contributed by atoms with Crippen LogP contribution < -0.4 is 0 Å². The zero-order valence-electron chi connectivity index (χ0n) is 21.1. The molecule has 0 saturated heterocycles. The van der Waals surface area contributed by atoms with Gasteiger partial charge < -0.3 is 0 Å². The largest absolute Gasteiger partial charge is 0.278 e. The Balaban J connectivity index is 1.46. The maximum absolute atomic E-state index is 5.28. The van der Waals surface area contributed by atoms with Crippen molar-refractivity contribution in [1.82, 2.24) is 14.5 Å². The van der Waals surface area contributed by atoms with Crippen LogP contribution >= 0.6 is 0 Å². The first kappa shape index (κ1) is 21.8. The van der Waals surface area contributed by atoms with Gasteiger partial charge in [-0.25, -0.2) is 9.97 Å². The molecule has 0 unspecified atom stereocenters. The predicted molar refractivity (Wildman–Crippen MR) is 162 cm³/mol. The second kappa shape index (κ2) is 8.64. The van der Waals surface area contributed by atoms with E-state index < -0.39 is 0 Å². The highest BCUT2D eigenvalue weighted by atomic mass is 15.2. The summed E-state index contributed by atoms with van der Waals surface area (Å²) in [5, 5.41) is 5.87. The summed E-state index contributed by atoms with van der Waals surface area (Å²) in [5.41, 5.74) is 7.46. The van der Waals surface area contributed by atoms with E-state index in [1.54, 1.807) is 0 Å². The summed E-state index contributed by atoms with van der Waals surface area (Å²) < 4.78 is 2.22. The molecule has 0 aliphatic heterocycles. The van der Waals surface area contributed by atoms with Gasteiger partial charge in [0, 0.05) is 21.7 Å². The van der Waals surface area contributed by atoms with E-state index >= 15 is 0 Å². The van der Waals surface area contributed by atoms with Crippen LogP contribution in [0.25, 0.3) is 71.8 Å². The molecule has 8 aromatic rings. The number of fused-ring (bicyclic) bond motifs is 5. The van der Waals surface area contributed by atoms with Crippen molar-refractivity contribution in [3.63, 3.8) is 0 Å². The molecule has 0 aliphatic rings. The normalized spacial score (nSPS) is 11.6. The molecule has 6 aromatic carbocycles. The maximum Gasteiger partial charge on any atom is 0.235 e. The summed E-state index contributed by atoms with van der Waals surface area (Å²) >= 11 is 0. The lowest BCUT2D eigenvalue weighted by Crippen LogP contribution is -2.03. The fraction of sp³-hybridized carbons (Fsp3) is 0. The average Bonchev–Trinajstić information content (AvgIpc) is 3.33. The van der Waals surface area contributed by atoms with Gasteiger partial charge in [-0.2, -0.15) is 0 Å². The van der Waals surface area contributed by atoms with E-state index in [1.807, 2.05) is 12.1 Å².